The first kappa shape index (κ1) is 30.6. The molecule has 0 fully saturated rings. The number of hydrogen-bond acceptors (Lipinski definition) is 4. The van der Waals surface area contributed by atoms with Crippen molar-refractivity contribution in [2.45, 2.75) is 0 Å². The summed E-state index contributed by atoms with van der Waals surface area (Å²) in [5, 5.41) is 41.2. The molecule has 5 heteroatoms. The Kier molecular flexibility index (Phi) is 7.64. The minimum Gasteiger partial charge on any atom is -0.308 e. The SMILES string of the molecule is N#Cc1cc(C#N)cc(-c2ccccc2-c2cccc3c4cccc(-c5ccccc5-c5cc(C#N)cc(C#N)c5)c4n(-c4ccccc4)c23)c1. The van der Waals surface area contributed by atoms with E-state index in [-0.39, 0.29) is 0 Å². The van der Waals surface area contributed by atoms with Crippen LogP contribution in [0.2, 0.25) is 0 Å². The maximum Gasteiger partial charge on any atom is 0.0992 e. The zero-order chi connectivity index (χ0) is 34.9. The molecule has 1 heterocycles. The number of nitriles is 4. The second-order valence-corrected chi connectivity index (χ2v) is 12.2. The van der Waals surface area contributed by atoms with Crippen molar-refractivity contribution < 1.29 is 0 Å². The molecule has 0 saturated carbocycles. The summed E-state index contributed by atoms with van der Waals surface area (Å²) in [6.07, 6.45) is 0. The molecule has 7 aromatic carbocycles. The lowest BCUT2D eigenvalue weighted by molar-refractivity contribution is 1.18. The molecule has 0 N–H and O–H groups in total. The van der Waals surface area contributed by atoms with Crippen LogP contribution in [-0.2, 0) is 0 Å². The summed E-state index contributed by atoms with van der Waals surface area (Å²) in [7, 11) is 0. The van der Waals surface area contributed by atoms with E-state index >= 15 is 0 Å². The van der Waals surface area contributed by atoms with Crippen molar-refractivity contribution in [2.75, 3.05) is 0 Å². The first-order valence-electron chi connectivity index (χ1n) is 16.3. The second-order valence-electron chi connectivity index (χ2n) is 12.2. The van der Waals surface area contributed by atoms with Crippen LogP contribution in [0.3, 0.4) is 0 Å². The minimum absolute atomic E-state index is 0.431. The maximum absolute atomic E-state index is 9.77. The number of nitrogens with zero attached hydrogens (tertiary/aromatic N) is 5. The van der Waals surface area contributed by atoms with E-state index in [1.54, 1.807) is 12.1 Å². The van der Waals surface area contributed by atoms with Crippen LogP contribution in [0.15, 0.2) is 152 Å². The summed E-state index contributed by atoms with van der Waals surface area (Å²) in [5.41, 5.74) is 12.1. The van der Waals surface area contributed by atoms with E-state index in [0.29, 0.717) is 22.3 Å². The molecule has 5 nitrogen and oxygen atoms in total. The Balaban J connectivity index is 1.47. The predicted octanol–water partition coefficient (Wildman–Crippen LogP) is 10.9. The number of rotatable bonds is 5. The zero-order valence-corrected chi connectivity index (χ0v) is 27.2. The molecule has 0 aliphatic rings. The smallest absolute Gasteiger partial charge is 0.0992 e. The molecular weight excluding hydrogens is 623 g/mol. The van der Waals surface area contributed by atoms with Gasteiger partial charge in [-0.3, -0.25) is 0 Å². The van der Waals surface area contributed by atoms with Crippen molar-refractivity contribution >= 4 is 21.8 Å². The van der Waals surface area contributed by atoms with Crippen molar-refractivity contribution in [1.82, 2.24) is 4.57 Å². The van der Waals surface area contributed by atoms with Gasteiger partial charge in [0, 0.05) is 27.6 Å². The van der Waals surface area contributed by atoms with Crippen LogP contribution in [0, 0.1) is 45.3 Å². The topological polar surface area (TPSA) is 100 Å². The molecule has 0 unspecified atom stereocenters. The monoisotopic (exact) mass is 647 g/mol. The van der Waals surface area contributed by atoms with Gasteiger partial charge in [-0.25, -0.2) is 0 Å². The van der Waals surface area contributed by atoms with Crippen LogP contribution < -0.4 is 0 Å². The van der Waals surface area contributed by atoms with Gasteiger partial charge in [0.05, 0.1) is 57.6 Å². The molecule has 0 saturated heterocycles. The number of para-hydroxylation sites is 3. The normalized spacial score (nSPS) is 10.7. The maximum atomic E-state index is 9.77. The number of benzene rings is 7. The van der Waals surface area contributed by atoms with E-state index in [1.807, 2.05) is 78.9 Å². The van der Waals surface area contributed by atoms with Gasteiger partial charge in [-0.2, -0.15) is 21.0 Å². The highest BCUT2D eigenvalue weighted by molar-refractivity contribution is 6.18. The lowest BCUT2D eigenvalue weighted by Gasteiger charge is -2.17. The molecule has 0 atom stereocenters. The summed E-state index contributed by atoms with van der Waals surface area (Å²) in [6.45, 7) is 0. The quantitative estimate of drug-likeness (QED) is 0.185. The van der Waals surface area contributed by atoms with Crippen LogP contribution >= 0.6 is 0 Å². The van der Waals surface area contributed by atoms with Crippen LogP contribution in [0.4, 0.5) is 0 Å². The Labute approximate surface area is 295 Å². The third-order valence-corrected chi connectivity index (χ3v) is 9.26. The lowest BCUT2D eigenvalue weighted by atomic mass is 9.91. The van der Waals surface area contributed by atoms with Crippen LogP contribution in [-0.4, -0.2) is 4.57 Å². The summed E-state index contributed by atoms with van der Waals surface area (Å²) in [6, 6.07) is 58.6. The largest absolute Gasteiger partial charge is 0.308 e. The predicted molar refractivity (Wildman–Crippen MR) is 201 cm³/mol. The van der Waals surface area contributed by atoms with Crippen LogP contribution in [0.5, 0.6) is 0 Å². The molecule has 0 bridgehead atoms. The van der Waals surface area contributed by atoms with E-state index in [2.05, 4.69) is 89.5 Å². The highest BCUT2D eigenvalue weighted by Gasteiger charge is 2.22. The average molecular weight is 648 g/mol. The molecular formula is C46H25N5. The van der Waals surface area contributed by atoms with Gasteiger partial charge in [-0.15, -0.1) is 0 Å². The molecule has 8 rings (SSSR count). The van der Waals surface area contributed by atoms with E-state index in [4.69, 9.17) is 0 Å². The summed E-state index contributed by atoms with van der Waals surface area (Å²) < 4.78 is 2.32. The fraction of sp³-hybridized carbons (Fsp3) is 0. The Morgan fingerprint density at radius 2 is 0.686 bits per heavy atom. The third kappa shape index (κ3) is 5.26. The summed E-state index contributed by atoms with van der Waals surface area (Å²) in [4.78, 5) is 0. The summed E-state index contributed by atoms with van der Waals surface area (Å²) in [5.74, 6) is 0. The standard InChI is InChI=1S/C46H25N5/c47-26-30-20-31(27-48)23-34(22-30)37-12-4-6-14-39(37)41-16-8-18-43-44-19-9-17-42(46(44)51(45(41)43)36-10-2-1-3-11-36)40-15-7-5-13-38(40)35-24-32(28-49)21-33(25-35)29-50/h1-25H. The Hall–Kier alpha value is -7.70. The van der Waals surface area contributed by atoms with Crippen molar-refractivity contribution in [3.8, 4) is 74.5 Å². The molecule has 0 amide bonds. The van der Waals surface area contributed by atoms with Crippen LogP contribution in [0.25, 0.3) is 72.0 Å². The summed E-state index contributed by atoms with van der Waals surface area (Å²) >= 11 is 0. The first-order chi connectivity index (χ1) is 25.1. The number of hydrogen-bond donors (Lipinski definition) is 0. The van der Waals surface area contributed by atoms with Crippen molar-refractivity contribution in [2.24, 2.45) is 0 Å². The second kappa shape index (κ2) is 12.7. The van der Waals surface area contributed by atoms with Crippen molar-refractivity contribution in [3.05, 3.63) is 174 Å². The van der Waals surface area contributed by atoms with E-state index in [9.17, 15) is 21.0 Å². The Morgan fingerprint density at radius 3 is 1.08 bits per heavy atom. The average Bonchev–Trinajstić information content (AvgIpc) is 3.55. The van der Waals surface area contributed by atoms with Gasteiger partial charge in [0.15, 0.2) is 0 Å². The van der Waals surface area contributed by atoms with Gasteiger partial charge >= 0.3 is 0 Å². The molecule has 1 aromatic heterocycles. The minimum atomic E-state index is 0.431. The van der Waals surface area contributed by atoms with Crippen LogP contribution in [0.1, 0.15) is 22.3 Å². The molecule has 234 valence electrons. The zero-order valence-electron chi connectivity index (χ0n) is 27.2. The highest BCUT2D eigenvalue weighted by atomic mass is 15.0. The third-order valence-electron chi connectivity index (χ3n) is 9.26. The number of aromatic nitrogens is 1. The molecule has 51 heavy (non-hydrogen) atoms. The molecule has 0 aliphatic carbocycles. The Morgan fingerprint density at radius 1 is 0.333 bits per heavy atom. The van der Waals surface area contributed by atoms with Crippen molar-refractivity contribution in [3.63, 3.8) is 0 Å². The molecule has 0 aliphatic heterocycles. The van der Waals surface area contributed by atoms with Gasteiger partial charge in [-0.05, 0) is 81.9 Å². The van der Waals surface area contributed by atoms with Gasteiger partial charge in [0.1, 0.15) is 0 Å². The van der Waals surface area contributed by atoms with Crippen molar-refractivity contribution in [1.29, 1.82) is 21.0 Å². The lowest BCUT2D eigenvalue weighted by Crippen LogP contribution is -1.98. The van der Waals surface area contributed by atoms with Gasteiger partial charge < -0.3 is 4.57 Å². The number of fused-ring (bicyclic) bond motifs is 3. The fourth-order valence-electron chi connectivity index (χ4n) is 7.15. The molecule has 8 aromatic rings. The molecule has 0 radical (unpaired) electrons. The van der Waals surface area contributed by atoms with E-state index in [1.165, 1.54) is 0 Å². The van der Waals surface area contributed by atoms with E-state index in [0.717, 1.165) is 72.0 Å². The first-order valence-corrected chi connectivity index (χ1v) is 16.3. The van der Waals surface area contributed by atoms with Gasteiger partial charge in [-0.1, -0.05) is 103 Å². The fourth-order valence-corrected chi connectivity index (χ4v) is 7.15. The highest BCUT2D eigenvalue weighted by Crippen LogP contribution is 2.45. The van der Waals surface area contributed by atoms with E-state index < -0.39 is 0 Å². The van der Waals surface area contributed by atoms with Gasteiger partial charge in [0.2, 0.25) is 0 Å². The van der Waals surface area contributed by atoms with Gasteiger partial charge in [0.25, 0.3) is 0 Å². The Bertz CT molecular complexity index is 2610. The molecule has 0 spiro atoms.